The van der Waals surface area contributed by atoms with Crippen LogP contribution in [0.1, 0.15) is 26.2 Å². The molecule has 1 radical (unpaired) electrons. The number of hydrogen-bond acceptors (Lipinski definition) is 2. The van der Waals surface area contributed by atoms with Gasteiger partial charge in [-0.25, -0.2) is 0 Å². The van der Waals surface area contributed by atoms with E-state index in [1.165, 1.54) is 6.08 Å². The summed E-state index contributed by atoms with van der Waals surface area (Å²) in [5.74, 6) is 0. The highest BCUT2D eigenvalue weighted by molar-refractivity contribution is 4.96. The summed E-state index contributed by atoms with van der Waals surface area (Å²) in [7, 11) is 0. The second kappa shape index (κ2) is 5.45. The van der Waals surface area contributed by atoms with Crippen molar-refractivity contribution in [1.29, 1.82) is 0 Å². The smallest absolute Gasteiger partial charge is 0.117 e. The molecule has 0 amide bonds. The second-order valence-corrected chi connectivity index (χ2v) is 2.34. The standard InChI is InChI=1S/C8H15O2/c1-3-5-8(10)6-7(9)4-2/h4,8-10H,2-3,5-6H2,1H3. The van der Waals surface area contributed by atoms with E-state index in [9.17, 15) is 0 Å². The molecule has 2 N–H and O–H groups in total. The van der Waals surface area contributed by atoms with E-state index in [0.717, 1.165) is 12.8 Å². The molecule has 0 rings (SSSR count). The molecule has 1 atom stereocenters. The summed E-state index contributed by atoms with van der Waals surface area (Å²) in [6, 6.07) is 0. The maximum absolute atomic E-state index is 9.12. The lowest BCUT2D eigenvalue weighted by molar-refractivity contribution is 0.134. The Hall–Kier alpha value is -0.340. The zero-order chi connectivity index (χ0) is 7.98. The Morgan fingerprint density at radius 3 is 2.70 bits per heavy atom. The summed E-state index contributed by atoms with van der Waals surface area (Å²) in [5.41, 5.74) is 0. The maximum Gasteiger partial charge on any atom is 0.117 e. The van der Waals surface area contributed by atoms with Crippen LogP contribution in [0.3, 0.4) is 0 Å². The molecule has 0 aromatic carbocycles. The molecule has 0 aliphatic rings. The summed E-state index contributed by atoms with van der Waals surface area (Å²) >= 11 is 0. The largest absolute Gasteiger partial charge is 0.393 e. The summed E-state index contributed by atoms with van der Waals surface area (Å²) in [6.07, 6.45) is 3.11. The van der Waals surface area contributed by atoms with Crippen molar-refractivity contribution in [3.05, 3.63) is 18.8 Å². The van der Waals surface area contributed by atoms with E-state index in [4.69, 9.17) is 10.2 Å². The van der Waals surface area contributed by atoms with Crippen molar-refractivity contribution in [1.82, 2.24) is 0 Å². The van der Waals surface area contributed by atoms with Crippen molar-refractivity contribution >= 4 is 0 Å². The van der Waals surface area contributed by atoms with Crippen molar-refractivity contribution < 1.29 is 10.2 Å². The number of aliphatic hydroxyl groups excluding tert-OH is 2. The first kappa shape index (κ1) is 9.66. The molecule has 0 aliphatic heterocycles. The fraction of sp³-hybridized carbons (Fsp3) is 0.625. The first-order valence-electron chi connectivity index (χ1n) is 3.56. The van der Waals surface area contributed by atoms with Crippen LogP contribution in [0.4, 0.5) is 0 Å². The number of aliphatic hydroxyl groups is 2. The zero-order valence-corrected chi connectivity index (χ0v) is 6.38. The molecule has 0 bridgehead atoms. The molecule has 0 fully saturated rings. The Labute approximate surface area is 62.2 Å². The van der Waals surface area contributed by atoms with Crippen molar-refractivity contribution in [3.8, 4) is 0 Å². The van der Waals surface area contributed by atoms with Gasteiger partial charge in [0.15, 0.2) is 0 Å². The van der Waals surface area contributed by atoms with Gasteiger partial charge in [-0.1, -0.05) is 19.4 Å². The van der Waals surface area contributed by atoms with Gasteiger partial charge in [-0.3, -0.25) is 0 Å². The third kappa shape index (κ3) is 4.53. The van der Waals surface area contributed by atoms with Gasteiger partial charge in [0.1, 0.15) is 6.10 Å². The molecule has 0 aromatic rings. The lowest BCUT2D eigenvalue weighted by Crippen LogP contribution is -2.09. The van der Waals surface area contributed by atoms with Crippen molar-refractivity contribution in [2.24, 2.45) is 0 Å². The van der Waals surface area contributed by atoms with E-state index in [0.29, 0.717) is 6.42 Å². The first-order chi connectivity index (χ1) is 4.70. The lowest BCUT2D eigenvalue weighted by atomic mass is 10.1. The Morgan fingerprint density at radius 2 is 2.30 bits per heavy atom. The van der Waals surface area contributed by atoms with Crippen LogP contribution in [0, 0.1) is 6.10 Å². The molecule has 59 valence electrons. The van der Waals surface area contributed by atoms with E-state index in [2.05, 4.69) is 6.58 Å². The Balaban J connectivity index is 3.36. The number of hydrogen-bond donors (Lipinski definition) is 2. The average molecular weight is 143 g/mol. The van der Waals surface area contributed by atoms with Crippen LogP contribution < -0.4 is 0 Å². The van der Waals surface area contributed by atoms with Crippen LogP contribution in [0.2, 0.25) is 0 Å². The van der Waals surface area contributed by atoms with E-state index < -0.39 is 6.10 Å². The summed E-state index contributed by atoms with van der Waals surface area (Å²) in [4.78, 5) is 0. The third-order valence-corrected chi connectivity index (χ3v) is 1.30. The highest BCUT2D eigenvalue weighted by atomic mass is 16.3. The van der Waals surface area contributed by atoms with Gasteiger partial charge in [-0.15, -0.1) is 6.58 Å². The minimum absolute atomic E-state index is 0.168. The van der Waals surface area contributed by atoms with E-state index >= 15 is 0 Å². The van der Waals surface area contributed by atoms with Gasteiger partial charge in [0.2, 0.25) is 0 Å². The highest BCUT2D eigenvalue weighted by Gasteiger charge is 2.07. The molecule has 0 saturated heterocycles. The first-order valence-corrected chi connectivity index (χ1v) is 3.56. The summed E-state index contributed by atoms with van der Waals surface area (Å²) < 4.78 is 0. The van der Waals surface area contributed by atoms with Gasteiger partial charge >= 0.3 is 0 Å². The zero-order valence-electron chi connectivity index (χ0n) is 6.38. The second-order valence-electron chi connectivity index (χ2n) is 2.34. The molecule has 10 heavy (non-hydrogen) atoms. The minimum atomic E-state index is -0.414. The fourth-order valence-electron chi connectivity index (χ4n) is 0.760. The van der Waals surface area contributed by atoms with Crippen molar-refractivity contribution in [2.75, 3.05) is 0 Å². The molecule has 0 saturated carbocycles. The summed E-state index contributed by atoms with van der Waals surface area (Å²) in [5, 5.41) is 18.0. The number of rotatable bonds is 5. The van der Waals surface area contributed by atoms with Crippen LogP contribution in [0.15, 0.2) is 12.7 Å². The Bertz CT molecular complexity index is 91.3. The van der Waals surface area contributed by atoms with Crippen LogP contribution in [0.5, 0.6) is 0 Å². The SMILES string of the molecule is C=C[C](O)CC(O)CCC. The Kier molecular flexibility index (Phi) is 5.26. The van der Waals surface area contributed by atoms with Crippen molar-refractivity contribution in [2.45, 2.75) is 32.3 Å². The van der Waals surface area contributed by atoms with E-state index in [1.54, 1.807) is 0 Å². The molecule has 0 aliphatic carbocycles. The molecule has 1 unspecified atom stereocenters. The van der Waals surface area contributed by atoms with Gasteiger partial charge in [0, 0.05) is 6.42 Å². The Morgan fingerprint density at radius 1 is 1.70 bits per heavy atom. The van der Waals surface area contributed by atoms with E-state index in [-0.39, 0.29) is 6.10 Å². The van der Waals surface area contributed by atoms with Gasteiger partial charge in [0.05, 0.1) is 6.10 Å². The topological polar surface area (TPSA) is 40.5 Å². The predicted octanol–water partition coefficient (Wildman–Crippen LogP) is 1.63. The molecule has 0 spiro atoms. The van der Waals surface area contributed by atoms with Crippen LogP contribution in [-0.2, 0) is 0 Å². The average Bonchev–Trinajstić information content (AvgIpc) is 1.88. The fourth-order valence-corrected chi connectivity index (χ4v) is 0.760. The van der Waals surface area contributed by atoms with Crippen LogP contribution in [-0.4, -0.2) is 16.3 Å². The summed E-state index contributed by atoms with van der Waals surface area (Å²) in [6.45, 7) is 5.37. The molecule has 0 heterocycles. The predicted molar refractivity (Wildman–Crippen MR) is 40.9 cm³/mol. The van der Waals surface area contributed by atoms with Gasteiger partial charge in [0.25, 0.3) is 0 Å². The maximum atomic E-state index is 9.12. The molecular weight excluding hydrogens is 128 g/mol. The van der Waals surface area contributed by atoms with Crippen molar-refractivity contribution in [3.63, 3.8) is 0 Å². The monoisotopic (exact) mass is 143 g/mol. The van der Waals surface area contributed by atoms with Gasteiger partial charge < -0.3 is 10.2 Å². The van der Waals surface area contributed by atoms with Gasteiger partial charge in [-0.2, -0.15) is 0 Å². The molecule has 2 nitrogen and oxygen atoms in total. The van der Waals surface area contributed by atoms with Crippen LogP contribution >= 0.6 is 0 Å². The molecular formula is C8H15O2. The normalized spacial score (nSPS) is 13.6. The third-order valence-electron chi connectivity index (χ3n) is 1.30. The van der Waals surface area contributed by atoms with Gasteiger partial charge in [-0.05, 0) is 6.42 Å². The highest BCUT2D eigenvalue weighted by Crippen LogP contribution is 2.09. The van der Waals surface area contributed by atoms with E-state index in [1.807, 2.05) is 6.92 Å². The molecule has 2 heteroatoms. The van der Waals surface area contributed by atoms with Crippen LogP contribution in [0.25, 0.3) is 0 Å². The quantitative estimate of drug-likeness (QED) is 0.614. The lowest BCUT2D eigenvalue weighted by Gasteiger charge is -2.09. The minimum Gasteiger partial charge on any atom is -0.393 e. The molecule has 0 aromatic heterocycles.